The molecule has 0 aliphatic heterocycles. The molecule has 0 fully saturated rings. The molecule has 150 valence electrons. The minimum absolute atomic E-state index is 0.119. The number of nitrogens with zero attached hydrogens (tertiary/aromatic N) is 4. The molecule has 11 heteroatoms. The van der Waals surface area contributed by atoms with Gasteiger partial charge in [-0.15, -0.1) is 0 Å². The van der Waals surface area contributed by atoms with Crippen LogP contribution in [0.4, 0.5) is 11.5 Å². The van der Waals surface area contributed by atoms with Crippen molar-refractivity contribution in [3.63, 3.8) is 0 Å². The predicted molar refractivity (Wildman–Crippen MR) is 107 cm³/mol. The third kappa shape index (κ3) is 4.02. The fraction of sp³-hybridized carbons (Fsp3) is 0.222. The van der Waals surface area contributed by atoms with Crippen LogP contribution in [0.25, 0.3) is 5.95 Å². The summed E-state index contributed by atoms with van der Waals surface area (Å²) in [6.45, 7) is 5.25. The number of halogens is 1. The van der Waals surface area contributed by atoms with E-state index in [4.69, 9.17) is 11.6 Å². The largest absolute Gasteiger partial charge is 0.306 e. The van der Waals surface area contributed by atoms with E-state index >= 15 is 0 Å². The van der Waals surface area contributed by atoms with Crippen LogP contribution in [-0.2, 0) is 6.42 Å². The number of benzene rings is 1. The molecule has 2 aromatic heterocycles. The van der Waals surface area contributed by atoms with Crippen molar-refractivity contribution in [2.24, 2.45) is 0 Å². The van der Waals surface area contributed by atoms with Crippen molar-refractivity contribution >= 4 is 29.0 Å². The number of rotatable bonds is 5. The smallest absolute Gasteiger partial charge is 0.282 e. The maximum atomic E-state index is 12.7. The SMILES string of the molecule is CCc1c(C)nc(-n2nc(C)cc2NC(=O)c2cc(Cl)ccc2[N+](=O)[O-])[nH]c1=O. The lowest BCUT2D eigenvalue weighted by Crippen LogP contribution is -2.22. The minimum Gasteiger partial charge on any atom is -0.306 e. The Balaban J connectivity index is 2.03. The zero-order chi connectivity index (χ0) is 21.3. The number of carbonyl (C=O) groups is 1. The number of nitro benzene ring substituents is 1. The predicted octanol–water partition coefficient (Wildman–Crippen LogP) is 2.95. The molecule has 0 saturated heterocycles. The number of aromatic amines is 1. The molecule has 0 bridgehead atoms. The number of amides is 1. The van der Waals surface area contributed by atoms with Gasteiger partial charge in [0.05, 0.1) is 10.6 Å². The highest BCUT2D eigenvalue weighted by Crippen LogP contribution is 2.24. The normalized spacial score (nSPS) is 10.8. The number of aromatic nitrogens is 4. The Morgan fingerprint density at radius 1 is 1.34 bits per heavy atom. The Kier molecular flexibility index (Phi) is 5.46. The summed E-state index contributed by atoms with van der Waals surface area (Å²) in [5.74, 6) is -0.438. The van der Waals surface area contributed by atoms with Crippen molar-refractivity contribution in [1.29, 1.82) is 0 Å². The van der Waals surface area contributed by atoms with Gasteiger partial charge in [0, 0.05) is 28.4 Å². The molecule has 0 unspecified atom stereocenters. The van der Waals surface area contributed by atoms with Crippen LogP contribution in [0.1, 0.15) is 34.2 Å². The number of hydrogen-bond donors (Lipinski definition) is 2. The average molecular weight is 417 g/mol. The molecule has 0 spiro atoms. The Labute approximate surface area is 169 Å². The summed E-state index contributed by atoms with van der Waals surface area (Å²) in [7, 11) is 0. The van der Waals surface area contributed by atoms with E-state index in [9.17, 15) is 19.7 Å². The van der Waals surface area contributed by atoms with Crippen LogP contribution < -0.4 is 10.9 Å². The maximum absolute atomic E-state index is 12.7. The number of H-pyrrole nitrogens is 1. The van der Waals surface area contributed by atoms with E-state index in [0.29, 0.717) is 23.4 Å². The number of aryl methyl sites for hydroxylation is 2. The number of carbonyl (C=O) groups excluding carboxylic acids is 1. The first-order valence-corrected chi connectivity index (χ1v) is 9.01. The average Bonchev–Trinajstić information content (AvgIpc) is 3.01. The third-order valence-electron chi connectivity index (χ3n) is 4.24. The van der Waals surface area contributed by atoms with Crippen LogP contribution in [-0.4, -0.2) is 30.6 Å². The number of nitro groups is 1. The Hall–Kier alpha value is -3.53. The third-order valence-corrected chi connectivity index (χ3v) is 4.47. The zero-order valence-corrected chi connectivity index (χ0v) is 16.6. The van der Waals surface area contributed by atoms with E-state index < -0.39 is 10.8 Å². The molecule has 2 heterocycles. The van der Waals surface area contributed by atoms with Crippen molar-refractivity contribution in [3.8, 4) is 5.95 Å². The Morgan fingerprint density at radius 3 is 2.69 bits per heavy atom. The molecule has 1 aromatic carbocycles. The zero-order valence-electron chi connectivity index (χ0n) is 15.8. The fourth-order valence-electron chi connectivity index (χ4n) is 2.90. The second kappa shape index (κ2) is 7.84. The first-order valence-electron chi connectivity index (χ1n) is 8.63. The molecular formula is C18H17ClN6O4. The van der Waals surface area contributed by atoms with Crippen molar-refractivity contribution < 1.29 is 9.72 Å². The Morgan fingerprint density at radius 2 is 2.07 bits per heavy atom. The van der Waals surface area contributed by atoms with Gasteiger partial charge < -0.3 is 5.32 Å². The molecule has 1 amide bonds. The summed E-state index contributed by atoms with van der Waals surface area (Å²) in [5.41, 5.74) is 0.753. The summed E-state index contributed by atoms with van der Waals surface area (Å²) in [6.07, 6.45) is 0.522. The van der Waals surface area contributed by atoms with E-state index in [2.05, 4.69) is 20.4 Å². The number of nitrogens with one attached hydrogen (secondary N) is 2. The van der Waals surface area contributed by atoms with E-state index in [1.54, 1.807) is 19.9 Å². The first kappa shape index (κ1) is 20.2. The van der Waals surface area contributed by atoms with Gasteiger partial charge in [-0.05, 0) is 32.4 Å². The molecule has 29 heavy (non-hydrogen) atoms. The van der Waals surface area contributed by atoms with Gasteiger partial charge in [0.15, 0.2) is 0 Å². The van der Waals surface area contributed by atoms with Crippen molar-refractivity contribution in [2.75, 3.05) is 5.32 Å². The number of hydrogen-bond acceptors (Lipinski definition) is 6. The monoisotopic (exact) mass is 416 g/mol. The van der Waals surface area contributed by atoms with E-state index in [1.807, 2.05) is 6.92 Å². The molecule has 0 aliphatic rings. The van der Waals surface area contributed by atoms with Gasteiger partial charge in [-0.1, -0.05) is 18.5 Å². The molecule has 3 rings (SSSR count). The topological polar surface area (TPSA) is 136 Å². The lowest BCUT2D eigenvalue weighted by Gasteiger charge is -2.10. The molecule has 3 aromatic rings. The molecule has 2 N–H and O–H groups in total. The van der Waals surface area contributed by atoms with Crippen LogP contribution in [0.15, 0.2) is 29.1 Å². The van der Waals surface area contributed by atoms with Crippen molar-refractivity contribution in [3.05, 3.63) is 72.3 Å². The highest BCUT2D eigenvalue weighted by atomic mass is 35.5. The van der Waals surface area contributed by atoms with E-state index in [-0.39, 0.29) is 33.6 Å². The molecular weight excluding hydrogens is 400 g/mol. The van der Waals surface area contributed by atoms with Crippen molar-refractivity contribution in [1.82, 2.24) is 19.7 Å². The van der Waals surface area contributed by atoms with Gasteiger partial charge in [0.1, 0.15) is 11.4 Å². The van der Waals surface area contributed by atoms with Crippen LogP contribution >= 0.6 is 11.6 Å². The van der Waals surface area contributed by atoms with Crippen LogP contribution in [0.2, 0.25) is 5.02 Å². The quantitative estimate of drug-likeness (QED) is 0.484. The molecule has 10 nitrogen and oxygen atoms in total. The molecule has 0 aliphatic carbocycles. The summed E-state index contributed by atoms with van der Waals surface area (Å²) in [5, 5.41) is 18.2. The fourth-order valence-corrected chi connectivity index (χ4v) is 3.07. The van der Waals surface area contributed by atoms with Gasteiger partial charge in [-0.2, -0.15) is 9.78 Å². The second-order valence-corrected chi connectivity index (χ2v) is 6.70. The van der Waals surface area contributed by atoms with E-state index in [0.717, 1.165) is 6.07 Å². The molecule has 0 radical (unpaired) electrons. The Bertz CT molecular complexity index is 1180. The highest BCUT2D eigenvalue weighted by Gasteiger charge is 2.22. The summed E-state index contributed by atoms with van der Waals surface area (Å²) < 4.78 is 1.26. The molecule has 0 atom stereocenters. The highest BCUT2D eigenvalue weighted by molar-refractivity contribution is 6.31. The summed E-state index contributed by atoms with van der Waals surface area (Å²) in [6, 6.07) is 5.25. The summed E-state index contributed by atoms with van der Waals surface area (Å²) >= 11 is 5.89. The van der Waals surface area contributed by atoms with Gasteiger partial charge in [-0.3, -0.25) is 24.7 Å². The van der Waals surface area contributed by atoms with Crippen molar-refractivity contribution in [2.45, 2.75) is 27.2 Å². The van der Waals surface area contributed by atoms with E-state index in [1.165, 1.54) is 16.8 Å². The summed E-state index contributed by atoms with van der Waals surface area (Å²) in [4.78, 5) is 42.5. The number of anilines is 1. The van der Waals surface area contributed by atoms with Gasteiger partial charge in [-0.25, -0.2) is 4.98 Å². The lowest BCUT2D eigenvalue weighted by molar-refractivity contribution is -0.385. The van der Waals surface area contributed by atoms with Crippen LogP contribution in [0.3, 0.4) is 0 Å². The van der Waals surface area contributed by atoms with Gasteiger partial charge >= 0.3 is 0 Å². The van der Waals surface area contributed by atoms with Crippen LogP contribution in [0.5, 0.6) is 0 Å². The van der Waals surface area contributed by atoms with Gasteiger partial charge in [0.2, 0.25) is 5.95 Å². The standard InChI is InChI=1S/C18H17ClN6O4/c1-4-12-10(3)20-18(22-16(12)26)24-15(7-9(2)23-24)21-17(27)13-8-11(19)5-6-14(13)25(28)29/h5-8H,4H2,1-3H3,(H,21,27)(H,20,22,26). The first-order chi connectivity index (χ1) is 13.7. The maximum Gasteiger partial charge on any atom is 0.282 e. The van der Waals surface area contributed by atoms with Crippen LogP contribution in [0, 0.1) is 24.0 Å². The molecule has 0 saturated carbocycles. The minimum atomic E-state index is -0.746. The second-order valence-electron chi connectivity index (χ2n) is 6.26. The van der Waals surface area contributed by atoms with Gasteiger partial charge in [0.25, 0.3) is 17.2 Å². The lowest BCUT2D eigenvalue weighted by atomic mass is 10.1.